The van der Waals surface area contributed by atoms with Crippen molar-refractivity contribution in [1.82, 2.24) is 0 Å². The van der Waals surface area contributed by atoms with Crippen LogP contribution in [0, 0.1) is 0 Å². The van der Waals surface area contributed by atoms with Gasteiger partial charge in [-0.25, -0.2) is 0 Å². The standard InChI is InChI=1S/C12H16BrClN2O2/c1-4-18-10-8(13)5-7(14)6-9(10)16-11(17)12(2,3)15/h5-6H,4,15H2,1-3H3,(H,16,17). The van der Waals surface area contributed by atoms with Crippen molar-refractivity contribution in [2.24, 2.45) is 5.73 Å². The summed E-state index contributed by atoms with van der Waals surface area (Å²) in [6, 6.07) is 3.33. The minimum absolute atomic E-state index is 0.308. The van der Waals surface area contributed by atoms with Crippen molar-refractivity contribution in [3.63, 3.8) is 0 Å². The third-order valence-corrected chi connectivity index (χ3v) is 2.94. The Labute approximate surface area is 120 Å². The van der Waals surface area contributed by atoms with E-state index in [-0.39, 0.29) is 5.91 Å². The molecule has 0 heterocycles. The molecule has 0 aliphatic rings. The van der Waals surface area contributed by atoms with Gasteiger partial charge in [0.15, 0.2) is 5.75 Å². The predicted molar refractivity (Wildman–Crippen MR) is 77.2 cm³/mol. The summed E-state index contributed by atoms with van der Waals surface area (Å²) in [6.45, 7) is 5.60. The molecule has 0 aliphatic heterocycles. The Morgan fingerprint density at radius 3 is 2.67 bits per heavy atom. The summed E-state index contributed by atoms with van der Waals surface area (Å²) >= 11 is 9.30. The number of hydrogen-bond donors (Lipinski definition) is 2. The van der Waals surface area contributed by atoms with E-state index in [0.29, 0.717) is 27.5 Å². The number of anilines is 1. The first-order valence-electron chi connectivity index (χ1n) is 5.48. The average molecular weight is 336 g/mol. The highest BCUT2D eigenvalue weighted by Gasteiger charge is 2.23. The van der Waals surface area contributed by atoms with E-state index >= 15 is 0 Å². The molecule has 4 nitrogen and oxygen atoms in total. The number of amides is 1. The molecule has 1 aromatic carbocycles. The molecule has 0 radical (unpaired) electrons. The lowest BCUT2D eigenvalue weighted by Gasteiger charge is -2.20. The summed E-state index contributed by atoms with van der Waals surface area (Å²) in [7, 11) is 0. The zero-order chi connectivity index (χ0) is 13.9. The molecule has 1 rings (SSSR count). The highest BCUT2D eigenvalue weighted by atomic mass is 79.9. The van der Waals surface area contributed by atoms with E-state index in [9.17, 15) is 4.79 Å². The summed E-state index contributed by atoms with van der Waals surface area (Å²) in [5, 5.41) is 3.21. The van der Waals surface area contributed by atoms with Crippen LogP contribution in [0.2, 0.25) is 5.02 Å². The third-order valence-electron chi connectivity index (χ3n) is 2.13. The van der Waals surface area contributed by atoms with Gasteiger partial charge in [-0.05, 0) is 48.8 Å². The number of carbonyl (C=O) groups excluding carboxylic acids is 1. The van der Waals surface area contributed by atoms with Crippen molar-refractivity contribution in [1.29, 1.82) is 0 Å². The molecule has 0 fully saturated rings. The molecule has 3 N–H and O–H groups in total. The minimum atomic E-state index is -0.974. The van der Waals surface area contributed by atoms with Crippen molar-refractivity contribution in [3.8, 4) is 5.75 Å². The Hall–Kier alpha value is -0.780. The van der Waals surface area contributed by atoms with E-state index in [2.05, 4.69) is 21.2 Å². The normalized spacial score (nSPS) is 11.2. The molecule has 0 bridgehead atoms. The summed E-state index contributed by atoms with van der Waals surface area (Å²) in [6.07, 6.45) is 0. The molecule has 0 aromatic heterocycles. The molecule has 0 aliphatic carbocycles. The topological polar surface area (TPSA) is 64.3 Å². The monoisotopic (exact) mass is 334 g/mol. The van der Waals surface area contributed by atoms with E-state index in [0.717, 1.165) is 0 Å². The van der Waals surface area contributed by atoms with Crippen molar-refractivity contribution < 1.29 is 9.53 Å². The number of benzene rings is 1. The second-order valence-electron chi connectivity index (χ2n) is 4.37. The molecule has 0 saturated heterocycles. The van der Waals surface area contributed by atoms with E-state index in [1.54, 1.807) is 26.0 Å². The van der Waals surface area contributed by atoms with Gasteiger partial charge in [-0.15, -0.1) is 0 Å². The fourth-order valence-corrected chi connectivity index (χ4v) is 2.15. The fraction of sp³-hybridized carbons (Fsp3) is 0.417. The van der Waals surface area contributed by atoms with E-state index in [1.165, 1.54) is 0 Å². The number of nitrogens with two attached hydrogens (primary N) is 1. The highest BCUT2D eigenvalue weighted by Crippen LogP contribution is 2.36. The van der Waals surface area contributed by atoms with Crippen LogP contribution in [0.5, 0.6) is 5.75 Å². The first-order valence-corrected chi connectivity index (χ1v) is 6.65. The zero-order valence-corrected chi connectivity index (χ0v) is 12.9. The Morgan fingerprint density at radius 1 is 1.56 bits per heavy atom. The predicted octanol–water partition coefficient (Wildman–Crippen LogP) is 3.18. The van der Waals surface area contributed by atoms with Crippen LogP contribution in [0.25, 0.3) is 0 Å². The number of halogens is 2. The van der Waals surface area contributed by atoms with Crippen molar-refractivity contribution in [2.45, 2.75) is 26.3 Å². The quantitative estimate of drug-likeness (QED) is 0.888. The lowest BCUT2D eigenvalue weighted by atomic mass is 10.1. The maximum atomic E-state index is 11.9. The Kier molecular flexibility index (Phi) is 5.01. The molecule has 0 unspecified atom stereocenters. The lowest BCUT2D eigenvalue weighted by molar-refractivity contribution is -0.120. The summed E-state index contributed by atoms with van der Waals surface area (Å²) in [5.74, 6) is 0.233. The van der Waals surface area contributed by atoms with Gasteiger partial charge in [-0.2, -0.15) is 0 Å². The van der Waals surface area contributed by atoms with Crippen molar-refractivity contribution in [2.75, 3.05) is 11.9 Å². The molecule has 6 heteroatoms. The lowest BCUT2D eigenvalue weighted by Crippen LogP contribution is -2.45. The van der Waals surface area contributed by atoms with Crippen LogP contribution in [0.3, 0.4) is 0 Å². The molecule has 0 atom stereocenters. The number of carbonyl (C=O) groups is 1. The van der Waals surface area contributed by atoms with Gasteiger partial charge in [0.25, 0.3) is 0 Å². The van der Waals surface area contributed by atoms with Gasteiger partial charge in [0.05, 0.1) is 22.3 Å². The van der Waals surface area contributed by atoms with Gasteiger partial charge in [-0.1, -0.05) is 11.6 Å². The Morgan fingerprint density at radius 2 is 2.17 bits per heavy atom. The van der Waals surface area contributed by atoms with Crippen molar-refractivity contribution >= 4 is 39.1 Å². The first kappa shape index (κ1) is 15.3. The minimum Gasteiger partial charge on any atom is -0.491 e. The van der Waals surface area contributed by atoms with E-state index in [4.69, 9.17) is 22.1 Å². The second kappa shape index (κ2) is 5.91. The van der Waals surface area contributed by atoms with E-state index < -0.39 is 5.54 Å². The maximum absolute atomic E-state index is 11.9. The van der Waals surface area contributed by atoms with Gasteiger partial charge < -0.3 is 15.8 Å². The van der Waals surface area contributed by atoms with Crippen LogP contribution in [0.15, 0.2) is 16.6 Å². The first-order chi connectivity index (χ1) is 8.25. The Balaban J connectivity index is 3.11. The number of hydrogen-bond acceptors (Lipinski definition) is 3. The number of rotatable bonds is 4. The van der Waals surface area contributed by atoms with Crippen LogP contribution < -0.4 is 15.8 Å². The molecule has 1 amide bonds. The fourth-order valence-electron chi connectivity index (χ4n) is 1.23. The molecule has 0 spiro atoms. The van der Waals surface area contributed by atoms with Crippen LogP contribution in [0.4, 0.5) is 5.69 Å². The van der Waals surface area contributed by atoms with Crippen LogP contribution in [0.1, 0.15) is 20.8 Å². The summed E-state index contributed by atoms with van der Waals surface area (Å²) < 4.78 is 6.16. The molecule has 1 aromatic rings. The van der Waals surface area contributed by atoms with Crippen LogP contribution in [-0.2, 0) is 4.79 Å². The average Bonchev–Trinajstić information content (AvgIpc) is 2.21. The smallest absolute Gasteiger partial charge is 0.243 e. The number of ether oxygens (including phenoxy) is 1. The van der Waals surface area contributed by atoms with Gasteiger partial charge in [0.2, 0.25) is 5.91 Å². The second-order valence-corrected chi connectivity index (χ2v) is 5.66. The van der Waals surface area contributed by atoms with Crippen LogP contribution >= 0.6 is 27.5 Å². The molecule has 0 saturated carbocycles. The molecular weight excluding hydrogens is 320 g/mol. The van der Waals surface area contributed by atoms with Crippen LogP contribution in [-0.4, -0.2) is 18.1 Å². The Bertz CT molecular complexity index is 458. The highest BCUT2D eigenvalue weighted by molar-refractivity contribution is 9.10. The van der Waals surface area contributed by atoms with Gasteiger partial charge in [0, 0.05) is 5.02 Å². The molecule has 100 valence electrons. The van der Waals surface area contributed by atoms with Gasteiger partial charge in [0.1, 0.15) is 0 Å². The number of nitrogens with one attached hydrogen (secondary N) is 1. The summed E-state index contributed by atoms with van der Waals surface area (Å²) in [5.41, 5.74) is 5.26. The largest absolute Gasteiger partial charge is 0.491 e. The van der Waals surface area contributed by atoms with Crippen molar-refractivity contribution in [3.05, 3.63) is 21.6 Å². The van der Waals surface area contributed by atoms with E-state index in [1.807, 2.05) is 6.92 Å². The zero-order valence-electron chi connectivity index (χ0n) is 10.5. The molecular formula is C12H16BrClN2O2. The van der Waals surface area contributed by atoms with Gasteiger partial charge in [-0.3, -0.25) is 4.79 Å². The maximum Gasteiger partial charge on any atom is 0.243 e. The summed E-state index contributed by atoms with van der Waals surface area (Å²) in [4.78, 5) is 11.9. The SMILES string of the molecule is CCOc1c(Br)cc(Cl)cc1NC(=O)C(C)(C)N. The molecule has 18 heavy (non-hydrogen) atoms. The third kappa shape index (κ3) is 3.86. The van der Waals surface area contributed by atoms with Gasteiger partial charge >= 0.3 is 0 Å².